The molecule has 156 valence electrons. The van der Waals surface area contributed by atoms with Crippen molar-refractivity contribution in [2.75, 3.05) is 16.8 Å². The smallest absolute Gasteiger partial charge is 0.244 e. The number of nitrogens with zero attached hydrogens (tertiary/aromatic N) is 3. The Kier molecular flexibility index (Phi) is 6.09. The summed E-state index contributed by atoms with van der Waals surface area (Å²) in [7, 11) is 0. The fraction of sp³-hybridized carbons (Fsp3) is 0.167. The second kappa shape index (κ2) is 9.10. The lowest BCUT2D eigenvalue weighted by molar-refractivity contribution is -0.120. The molecule has 0 saturated carbocycles. The Morgan fingerprint density at radius 1 is 1.13 bits per heavy atom. The van der Waals surface area contributed by atoms with E-state index < -0.39 is 0 Å². The van der Waals surface area contributed by atoms with E-state index in [-0.39, 0.29) is 24.8 Å². The van der Waals surface area contributed by atoms with Gasteiger partial charge >= 0.3 is 0 Å². The average Bonchev–Trinajstić information content (AvgIpc) is 2.90. The van der Waals surface area contributed by atoms with Gasteiger partial charge in [0, 0.05) is 16.9 Å². The average molecular weight is 433 g/mol. The van der Waals surface area contributed by atoms with Crippen molar-refractivity contribution < 1.29 is 9.59 Å². The minimum atomic E-state index is -0.301. The number of anilines is 2. The number of fused-ring (bicyclic) bond motifs is 1. The largest absolute Gasteiger partial charge is 0.325 e. The van der Waals surface area contributed by atoms with Crippen LogP contribution in [0.2, 0.25) is 5.02 Å². The Bertz CT molecular complexity index is 1180. The summed E-state index contributed by atoms with van der Waals surface area (Å²) in [5.74, 6) is -0.194. The first-order valence-corrected chi connectivity index (χ1v) is 10.4. The molecule has 0 atom stereocenters. The normalized spacial score (nSPS) is 13.3. The van der Waals surface area contributed by atoms with Crippen molar-refractivity contribution in [3.05, 3.63) is 83.0 Å². The Hall–Kier alpha value is -3.51. The zero-order chi connectivity index (χ0) is 21.8. The van der Waals surface area contributed by atoms with Crippen molar-refractivity contribution in [2.24, 2.45) is 4.99 Å². The van der Waals surface area contributed by atoms with E-state index in [9.17, 15) is 9.59 Å². The standard InChI is InChI=1S/C24H21ClN4O2/c1-2-16-6-3-9-19(12-16)27-22(30)15-29-23(31)14-21(17-7-4-8-18(25)13-17)28-20-10-5-11-26-24(20)29/h3-13H,2,14-15H2,1H3,(H,27,30). The van der Waals surface area contributed by atoms with Crippen LogP contribution in [0, 0.1) is 0 Å². The van der Waals surface area contributed by atoms with Crippen LogP contribution >= 0.6 is 11.6 Å². The number of benzene rings is 2. The summed E-state index contributed by atoms with van der Waals surface area (Å²) in [4.78, 5) is 36.3. The molecule has 1 aliphatic heterocycles. The Balaban J connectivity index is 1.60. The number of rotatable bonds is 5. The molecule has 0 spiro atoms. The number of carbonyl (C=O) groups is 2. The van der Waals surface area contributed by atoms with Crippen molar-refractivity contribution in [1.82, 2.24) is 4.98 Å². The van der Waals surface area contributed by atoms with Gasteiger partial charge in [-0.2, -0.15) is 0 Å². The first-order chi connectivity index (χ1) is 15.0. The molecule has 0 fully saturated rings. The molecular formula is C24H21ClN4O2. The first kappa shape index (κ1) is 20.8. The molecule has 4 rings (SSSR count). The van der Waals surface area contributed by atoms with Gasteiger partial charge in [-0.05, 0) is 53.9 Å². The first-order valence-electron chi connectivity index (χ1n) is 10.0. The fourth-order valence-electron chi connectivity index (χ4n) is 3.44. The van der Waals surface area contributed by atoms with Gasteiger partial charge in [-0.15, -0.1) is 0 Å². The van der Waals surface area contributed by atoms with Crippen molar-refractivity contribution in [3.8, 4) is 0 Å². The maximum atomic E-state index is 13.1. The van der Waals surface area contributed by atoms with Gasteiger partial charge in [-0.25, -0.2) is 9.98 Å². The van der Waals surface area contributed by atoms with Gasteiger partial charge in [0.15, 0.2) is 5.82 Å². The van der Waals surface area contributed by atoms with Gasteiger partial charge in [0.05, 0.1) is 12.1 Å². The lowest BCUT2D eigenvalue weighted by Gasteiger charge is -2.20. The molecule has 1 N–H and O–H groups in total. The zero-order valence-corrected chi connectivity index (χ0v) is 17.8. The third kappa shape index (κ3) is 4.81. The summed E-state index contributed by atoms with van der Waals surface area (Å²) in [6.45, 7) is 1.90. The Morgan fingerprint density at radius 2 is 1.97 bits per heavy atom. The number of aliphatic imine (C=N–C) groups is 1. The number of pyridine rings is 1. The minimum absolute atomic E-state index is 0.0370. The molecule has 0 bridgehead atoms. The number of halogens is 1. The highest BCUT2D eigenvalue weighted by Gasteiger charge is 2.27. The molecule has 1 aliphatic rings. The zero-order valence-electron chi connectivity index (χ0n) is 17.0. The van der Waals surface area contributed by atoms with Gasteiger partial charge in [0.1, 0.15) is 12.2 Å². The molecular weight excluding hydrogens is 412 g/mol. The maximum Gasteiger partial charge on any atom is 0.244 e. The van der Waals surface area contributed by atoms with Gasteiger partial charge in [0.25, 0.3) is 0 Å². The number of carbonyl (C=O) groups excluding carboxylic acids is 2. The molecule has 2 aromatic carbocycles. The van der Waals surface area contributed by atoms with Crippen LogP contribution in [0.15, 0.2) is 71.9 Å². The second-order valence-corrected chi connectivity index (χ2v) is 7.61. The number of hydrogen-bond acceptors (Lipinski definition) is 4. The summed E-state index contributed by atoms with van der Waals surface area (Å²) >= 11 is 6.12. The van der Waals surface area contributed by atoms with E-state index in [1.165, 1.54) is 4.90 Å². The summed E-state index contributed by atoms with van der Waals surface area (Å²) in [5, 5.41) is 3.43. The summed E-state index contributed by atoms with van der Waals surface area (Å²) in [6, 6.07) is 18.4. The highest BCUT2D eigenvalue weighted by molar-refractivity contribution is 6.31. The van der Waals surface area contributed by atoms with Crippen LogP contribution in [-0.4, -0.2) is 29.1 Å². The number of nitrogens with one attached hydrogen (secondary N) is 1. The number of amides is 2. The van der Waals surface area contributed by atoms with Crippen LogP contribution in [0.25, 0.3) is 0 Å². The van der Waals surface area contributed by atoms with E-state index in [0.29, 0.717) is 27.9 Å². The van der Waals surface area contributed by atoms with E-state index in [4.69, 9.17) is 11.6 Å². The quantitative estimate of drug-likeness (QED) is 0.629. The highest BCUT2D eigenvalue weighted by atomic mass is 35.5. The van der Waals surface area contributed by atoms with Gasteiger partial charge in [-0.1, -0.05) is 42.8 Å². The molecule has 0 saturated heterocycles. The lowest BCUT2D eigenvalue weighted by atomic mass is 10.1. The predicted molar refractivity (Wildman–Crippen MR) is 123 cm³/mol. The van der Waals surface area contributed by atoms with Crippen LogP contribution in [0.5, 0.6) is 0 Å². The molecule has 2 heterocycles. The molecule has 0 radical (unpaired) electrons. The number of aromatic nitrogens is 1. The van der Waals surface area contributed by atoms with E-state index in [1.54, 1.807) is 30.5 Å². The monoisotopic (exact) mass is 432 g/mol. The Labute approximate surface area is 185 Å². The lowest BCUT2D eigenvalue weighted by Crippen LogP contribution is -2.39. The van der Waals surface area contributed by atoms with Crippen LogP contribution in [0.3, 0.4) is 0 Å². The van der Waals surface area contributed by atoms with Crippen LogP contribution in [0.4, 0.5) is 17.2 Å². The third-order valence-corrected chi connectivity index (χ3v) is 5.21. The molecule has 3 aromatic rings. The van der Waals surface area contributed by atoms with E-state index in [0.717, 1.165) is 17.5 Å². The topological polar surface area (TPSA) is 74.7 Å². The summed E-state index contributed by atoms with van der Waals surface area (Å²) in [6.07, 6.45) is 2.49. The van der Waals surface area contributed by atoms with Crippen molar-refractivity contribution in [3.63, 3.8) is 0 Å². The number of hydrogen-bond donors (Lipinski definition) is 1. The molecule has 31 heavy (non-hydrogen) atoms. The van der Waals surface area contributed by atoms with E-state index in [1.807, 2.05) is 36.4 Å². The molecule has 1 aromatic heterocycles. The maximum absolute atomic E-state index is 13.1. The van der Waals surface area contributed by atoms with Gasteiger partial charge in [0.2, 0.25) is 11.8 Å². The van der Waals surface area contributed by atoms with Crippen LogP contribution < -0.4 is 10.2 Å². The van der Waals surface area contributed by atoms with E-state index in [2.05, 4.69) is 22.2 Å². The second-order valence-electron chi connectivity index (χ2n) is 7.17. The molecule has 0 aliphatic carbocycles. The molecule has 0 unspecified atom stereocenters. The molecule has 6 nitrogen and oxygen atoms in total. The predicted octanol–water partition coefficient (Wildman–Crippen LogP) is 4.79. The van der Waals surface area contributed by atoms with Crippen molar-refractivity contribution in [2.45, 2.75) is 19.8 Å². The molecule has 2 amide bonds. The van der Waals surface area contributed by atoms with Crippen LogP contribution in [0.1, 0.15) is 24.5 Å². The minimum Gasteiger partial charge on any atom is -0.325 e. The SMILES string of the molecule is CCc1cccc(NC(=O)CN2C(=O)CC(c3cccc(Cl)c3)=Nc3cccnc32)c1. The summed E-state index contributed by atoms with van der Waals surface area (Å²) < 4.78 is 0. The third-order valence-electron chi connectivity index (χ3n) is 4.98. The van der Waals surface area contributed by atoms with Crippen molar-refractivity contribution >= 4 is 46.3 Å². The number of aryl methyl sites for hydroxylation is 1. The van der Waals surface area contributed by atoms with Crippen LogP contribution in [-0.2, 0) is 16.0 Å². The van der Waals surface area contributed by atoms with E-state index >= 15 is 0 Å². The fourth-order valence-corrected chi connectivity index (χ4v) is 3.63. The van der Waals surface area contributed by atoms with Gasteiger partial charge in [-0.3, -0.25) is 14.5 Å². The van der Waals surface area contributed by atoms with Crippen molar-refractivity contribution in [1.29, 1.82) is 0 Å². The van der Waals surface area contributed by atoms with Gasteiger partial charge < -0.3 is 5.32 Å². The Morgan fingerprint density at radius 3 is 2.77 bits per heavy atom. The highest BCUT2D eigenvalue weighted by Crippen LogP contribution is 2.31. The summed E-state index contributed by atoms with van der Waals surface area (Å²) in [5.41, 5.74) is 3.70. The molecule has 7 heteroatoms.